The summed E-state index contributed by atoms with van der Waals surface area (Å²) < 4.78 is 54.7. The molecule has 23 nitrogen and oxygen atoms in total. The van der Waals surface area contributed by atoms with Crippen LogP contribution in [0.3, 0.4) is 0 Å². The zero-order valence-corrected chi connectivity index (χ0v) is 46.3. The van der Waals surface area contributed by atoms with Crippen molar-refractivity contribution in [2.24, 2.45) is 56.2 Å². The summed E-state index contributed by atoms with van der Waals surface area (Å²) >= 11 is 0. The third kappa shape index (κ3) is 9.23. The number of esters is 2. The summed E-state index contributed by atoms with van der Waals surface area (Å²) in [6.07, 6.45) is -24.1. The van der Waals surface area contributed by atoms with Crippen molar-refractivity contribution in [2.75, 3.05) is 19.8 Å². The lowest BCUT2D eigenvalue weighted by atomic mass is 9.33. The average molecular weight is 1120 g/mol. The van der Waals surface area contributed by atoms with E-state index in [2.05, 4.69) is 40.7 Å². The fraction of sp³-hybridized carbons (Fsp3) is 0.909. The molecule has 78 heavy (non-hydrogen) atoms. The maximum Gasteiger partial charge on any atom is 0.335 e. The van der Waals surface area contributed by atoms with Crippen molar-refractivity contribution in [1.82, 2.24) is 0 Å². The first-order chi connectivity index (χ1) is 36.4. The highest BCUT2D eigenvalue weighted by Gasteiger charge is 2.76. The van der Waals surface area contributed by atoms with Gasteiger partial charge in [0.15, 0.2) is 25.0 Å². The van der Waals surface area contributed by atoms with Gasteiger partial charge in [0.25, 0.3) is 0 Å². The number of carboxylic acid groups (broad SMARTS) is 1. The number of fused-ring (bicyclic) bond motifs is 7. The number of hydrogen-bond donors (Lipinski definition) is 11. The summed E-state index contributed by atoms with van der Waals surface area (Å²) in [5.41, 5.74) is -2.42. The molecule has 0 aromatic rings. The average Bonchev–Trinajstić information content (AvgIpc) is 1.97. The minimum atomic E-state index is -2.10. The molecule has 11 N–H and O–H groups in total. The van der Waals surface area contributed by atoms with E-state index in [4.69, 9.17) is 42.6 Å². The smallest absolute Gasteiger partial charge is 0.335 e. The van der Waals surface area contributed by atoms with E-state index in [1.807, 2.05) is 6.92 Å². The van der Waals surface area contributed by atoms with Gasteiger partial charge < -0.3 is 98.8 Å². The van der Waals surface area contributed by atoms with Crippen molar-refractivity contribution in [3.05, 3.63) is 11.6 Å². The van der Waals surface area contributed by atoms with Gasteiger partial charge in [-0.2, -0.15) is 0 Å². The Balaban J connectivity index is 1.00. The molecule has 444 valence electrons. The number of aliphatic hydroxyl groups excluding tert-OH is 10. The summed E-state index contributed by atoms with van der Waals surface area (Å²) in [4.78, 5) is 38.5. The molecule has 9 rings (SSSR count). The molecule has 23 heteroatoms. The van der Waals surface area contributed by atoms with Gasteiger partial charge >= 0.3 is 17.9 Å². The molecular weight excluding hydrogens is 1030 g/mol. The Morgan fingerprint density at radius 3 is 2.00 bits per heavy atom. The van der Waals surface area contributed by atoms with Gasteiger partial charge in [0.05, 0.1) is 55.1 Å². The van der Waals surface area contributed by atoms with Crippen LogP contribution < -0.4 is 0 Å². The summed E-state index contributed by atoms with van der Waals surface area (Å²) in [5, 5.41) is 121. The number of rotatable bonds is 14. The highest BCUT2D eigenvalue weighted by Crippen LogP contribution is 2.77. The summed E-state index contributed by atoms with van der Waals surface area (Å²) in [6.45, 7) is 17.8. The number of aliphatic carboxylic acids is 1. The van der Waals surface area contributed by atoms with Gasteiger partial charge in [-0.1, -0.05) is 53.2 Å². The van der Waals surface area contributed by atoms with Crippen LogP contribution >= 0.6 is 0 Å². The molecule has 29 atom stereocenters. The molecular formula is C55H86O23. The third-order valence-electron chi connectivity index (χ3n) is 21.7. The standard InChI is InChI=1S/C55H86O23/c1-22(23(2)71-25(4)58)46(69)70-21-55-27-17-50(5,6)44(43(55)66)74-32(55)18-54(10)26(27)11-12-30-51(7)15-14-31(52(8,20-57)29(51)13-16-53(30,54)9)75-49-41(77-47-37(63)35(61)33(59)24(3)72-47)39(65)40(42(78-49)45(67)68)76-48-38(64)36(62)34(60)28(19-56)73-48/h11,22-24,27-44,47-49,56-57,59-66H,12-21H2,1-10H3,(H,67,68)/t22?,23?,24-,27?,28-,29?,30?,31+,32+,33+,34-,35+,36+,37-,38-,39+,40+,41-,42+,43+,44?,47+,48+,49-,51?,52-,53?,54-,55?/m1/s1. The van der Waals surface area contributed by atoms with E-state index in [0.29, 0.717) is 44.9 Å². The van der Waals surface area contributed by atoms with E-state index in [0.717, 1.165) is 0 Å². The zero-order chi connectivity index (χ0) is 57.3. The predicted octanol–water partition coefficient (Wildman–Crippen LogP) is -0.197. The van der Waals surface area contributed by atoms with E-state index in [-0.39, 0.29) is 36.4 Å². The van der Waals surface area contributed by atoms with Crippen LogP contribution in [0.15, 0.2) is 11.6 Å². The molecule has 9 aliphatic rings. The topological polar surface area (TPSA) is 357 Å². The van der Waals surface area contributed by atoms with E-state index in [1.54, 1.807) is 13.8 Å². The second kappa shape index (κ2) is 21.3. The number of carbonyl (C=O) groups is 3. The van der Waals surface area contributed by atoms with Crippen LogP contribution in [0.4, 0.5) is 0 Å². The van der Waals surface area contributed by atoms with Gasteiger partial charge in [-0.3, -0.25) is 9.59 Å². The highest BCUT2D eigenvalue weighted by atomic mass is 16.8. The minimum absolute atomic E-state index is 0.0454. The molecule has 2 bridgehead atoms. The predicted molar refractivity (Wildman–Crippen MR) is 266 cm³/mol. The molecule has 0 radical (unpaired) electrons. The maximum absolute atomic E-state index is 13.6. The summed E-state index contributed by atoms with van der Waals surface area (Å²) in [7, 11) is 0. The molecule has 9 unspecified atom stereocenters. The molecule has 0 aromatic carbocycles. The van der Waals surface area contributed by atoms with Crippen LogP contribution in [0.2, 0.25) is 0 Å². The molecule has 4 aliphatic heterocycles. The van der Waals surface area contributed by atoms with Crippen LogP contribution in [0.5, 0.6) is 0 Å². The largest absolute Gasteiger partial charge is 0.479 e. The highest BCUT2D eigenvalue weighted by molar-refractivity contribution is 5.74. The Morgan fingerprint density at radius 2 is 1.37 bits per heavy atom. The fourth-order valence-electron chi connectivity index (χ4n) is 16.8. The number of carboxylic acids is 1. The van der Waals surface area contributed by atoms with Crippen LogP contribution in [0.25, 0.3) is 0 Å². The molecule has 5 aliphatic carbocycles. The van der Waals surface area contributed by atoms with Gasteiger partial charge in [0.1, 0.15) is 73.8 Å². The second-order valence-corrected chi connectivity index (χ2v) is 26.2. The number of carbonyl (C=O) groups excluding carboxylic acids is 2. The first-order valence-corrected chi connectivity index (χ1v) is 27.9. The molecule has 4 saturated heterocycles. The van der Waals surface area contributed by atoms with E-state index < -0.39 is 180 Å². The van der Waals surface area contributed by atoms with Gasteiger partial charge in [-0.05, 0) is 105 Å². The van der Waals surface area contributed by atoms with Gasteiger partial charge in [0, 0.05) is 12.3 Å². The first-order valence-electron chi connectivity index (χ1n) is 27.9. The van der Waals surface area contributed by atoms with E-state index in [9.17, 15) is 70.6 Å². The zero-order valence-electron chi connectivity index (χ0n) is 46.3. The number of hydrogen-bond acceptors (Lipinski definition) is 22. The lowest BCUT2D eigenvalue weighted by Crippen LogP contribution is -2.69. The Bertz CT molecular complexity index is 2270. The van der Waals surface area contributed by atoms with Crippen LogP contribution in [-0.4, -0.2) is 217 Å². The first kappa shape index (κ1) is 60.1. The molecule has 0 aromatic heterocycles. The lowest BCUT2D eigenvalue weighted by molar-refractivity contribution is -0.390. The quantitative estimate of drug-likeness (QED) is 0.0610. The third-order valence-corrected chi connectivity index (χ3v) is 21.7. The summed E-state index contributed by atoms with van der Waals surface area (Å²) in [6, 6.07) is 0. The van der Waals surface area contributed by atoms with Crippen molar-refractivity contribution in [3.63, 3.8) is 0 Å². The summed E-state index contributed by atoms with van der Waals surface area (Å²) in [5.74, 6) is -3.83. The molecule has 8 fully saturated rings. The van der Waals surface area contributed by atoms with Crippen molar-refractivity contribution in [1.29, 1.82) is 0 Å². The Morgan fingerprint density at radius 1 is 0.731 bits per heavy atom. The second-order valence-electron chi connectivity index (χ2n) is 26.2. The van der Waals surface area contributed by atoms with Crippen molar-refractivity contribution >= 4 is 17.9 Å². The Kier molecular flexibility index (Phi) is 16.4. The van der Waals surface area contributed by atoms with Gasteiger partial charge in [0.2, 0.25) is 0 Å². The van der Waals surface area contributed by atoms with Gasteiger partial charge in [-0.15, -0.1) is 0 Å². The minimum Gasteiger partial charge on any atom is -0.479 e. The van der Waals surface area contributed by atoms with Crippen LogP contribution in [0.1, 0.15) is 114 Å². The molecule has 0 amide bonds. The monoisotopic (exact) mass is 1110 g/mol. The molecule has 4 heterocycles. The van der Waals surface area contributed by atoms with E-state index >= 15 is 0 Å². The Labute approximate surface area is 454 Å². The van der Waals surface area contributed by atoms with Crippen LogP contribution in [-0.2, 0) is 57.0 Å². The Hall–Kier alpha value is -2.53. The lowest BCUT2D eigenvalue weighted by Gasteiger charge is -2.71. The van der Waals surface area contributed by atoms with Crippen molar-refractivity contribution < 1.29 is 113 Å². The molecule has 4 saturated carbocycles. The number of aliphatic hydroxyl groups is 10. The number of allylic oxidation sites excluding steroid dienone is 2. The molecule has 0 spiro atoms. The van der Waals surface area contributed by atoms with Crippen molar-refractivity contribution in [3.8, 4) is 0 Å². The van der Waals surface area contributed by atoms with E-state index in [1.165, 1.54) is 19.4 Å². The van der Waals surface area contributed by atoms with Gasteiger partial charge in [-0.25, -0.2) is 4.79 Å². The maximum atomic E-state index is 13.6. The van der Waals surface area contributed by atoms with Crippen LogP contribution in [0, 0.1) is 56.2 Å². The fourth-order valence-corrected chi connectivity index (χ4v) is 16.8. The normalized spacial score (nSPS) is 52.1. The van der Waals surface area contributed by atoms with Crippen molar-refractivity contribution in [2.45, 2.75) is 237 Å². The SMILES string of the molecule is CC(=O)OC(C)C(C)C(=O)OCC12C3CC(C)(C)C(O[C@H]1C[C@]1(C)C3=CCC3C4(C)CC[C@H](O[C@@H]5O[C@H](C(=O)O)[C@@H](O[C@@H]6O[C@H](CO)[C@@H](O)[C@H](O)[C@H]6O)[C@H](O)[C@H]5O[C@@H]5O[C@H](C)[C@H](O)[C@H](O)[C@H]5O)[C@](C)(CO)C4CCC31C)[C@@H]2O. The number of ether oxygens (including phenoxy) is 9.